The van der Waals surface area contributed by atoms with Crippen LogP contribution < -0.4 is 0 Å². The first kappa shape index (κ1) is 11.8. The Morgan fingerprint density at radius 2 is 2.19 bits per heavy atom. The van der Waals surface area contributed by atoms with Crippen molar-refractivity contribution >= 4 is 27.1 Å². The van der Waals surface area contributed by atoms with Gasteiger partial charge in [0.15, 0.2) is 0 Å². The molecule has 0 atom stereocenters. The summed E-state index contributed by atoms with van der Waals surface area (Å²) in [6, 6.07) is 1.78. The quantitative estimate of drug-likeness (QED) is 0.807. The standard InChI is InChI=1S/C10H13NO3S2/c1-8-4-6-15-10(8)16(13,14)11-5-2-3-9(12)7-11/h4,6H,2-3,5,7H2,1H3. The lowest BCUT2D eigenvalue weighted by atomic mass is 10.1. The van der Waals surface area contributed by atoms with Crippen LogP contribution in [0.3, 0.4) is 0 Å². The third-order valence-corrected chi connectivity index (χ3v) is 6.12. The maximum atomic E-state index is 12.2. The van der Waals surface area contributed by atoms with E-state index >= 15 is 0 Å². The highest BCUT2D eigenvalue weighted by Gasteiger charge is 2.30. The summed E-state index contributed by atoms with van der Waals surface area (Å²) in [6.45, 7) is 2.25. The Morgan fingerprint density at radius 1 is 1.44 bits per heavy atom. The summed E-state index contributed by atoms with van der Waals surface area (Å²) < 4.78 is 26.1. The average molecular weight is 259 g/mol. The number of piperidine rings is 1. The molecule has 1 fully saturated rings. The van der Waals surface area contributed by atoms with Crippen LogP contribution in [0.1, 0.15) is 18.4 Å². The highest BCUT2D eigenvalue weighted by atomic mass is 32.2. The molecule has 0 bridgehead atoms. The van der Waals surface area contributed by atoms with Gasteiger partial charge in [-0.1, -0.05) is 0 Å². The minimum absolute atomic E-state index is 0.00374. The van der Waals surface area contributed by atoms with E-state index in [1.807, 2.05) is 0 Å². The minimum Gasteiger partial charge on any atom is -0.298 e. The van der Waals surface area contributed by atoms with Crippen molar-refractivity contribution in [3.63, 3.8) is 0 Å². The first-order chi connectivity index (χ1) is 7.51. The van der Waals surface area contributed by atoms with E-state index in [4.69, 9.17) is 0 Å². The normalized spacial score (nSPS) is 18.9. The molecular weight excluding hydrogens is 246 g/mol. The SMILES string of the molecule is Cc1ccsc1S(=O)(=O)N1CCCC(=O)C1. The molecule has 4 nitrogen and oxygen atoms in total. The topological polar surface area (TPSA) is 54.5 Å². The van der Waals surface area contributed by atoms with Gasteiger partial charge in [-0.25, -0.2) is 8.42 Å². The molecule has 6 heteroatoms. The molecule has 1 saturated heterocycles. The van der Waals surface area contributed by atoms with Gasteiger partial charge < -0.3 is 0 Å². The van der Waals surface area contributed by atoms with E-state index in [9.17, 15) is 13.2 Å². The van der Waals surface area contributed by atoms with Gasteiger partial charge in [-0.2, -0.15) is 4.31 Å². The Labute approximate surface area is 98.9 Å². The highest BCUT2D eigenvalue weighted by Crippen LogP contribution is 2.26. The Bertz CT molecular complexity index is 504. The van der Waals surface area contributed by atoms with Crippen molar-refractivity contribution in [3.05, 3.63) is 17.0 Å². The van der Waals surface area contributed by atoms with Crippen LogP contribution in [0.2, 0.25) is 0 Å². The number of hydrogen-bond acceptors (Lipinski definition) is 4. The molecule has 0 saturated carbocycles. The Morgan fingerprint density at radius 3 is 2.75 bits per heavy atom. The molecule has 0 aromatic carbocycles. The zero-order valence-corrected chi connectivity index (χ0v) is 10.6. The third kappa shape index (κ3) is 2.05. The van der Waals surface area contributed by atoms with E-state index in [1.165, 1.54) is 15.6 Å². The van der Waals surface area contributed by atoms with E-state index < -0.39 is 10.0 Å². The van der Waals surface area contributed by atoms with Crippen LogP contribution >= 0.6 is 11.3 Å². The molecule has 1 aliphatic heterocycles. The zero-order chi connectivity index (χ0) is 11.8. The van der Waals surface area contributed by atoms with Gasteiger partial charge in [-0.3, -0.25) is 4.79 Å². The number of Topliss-reactive ketones (excluding diaryl/α,β-unsaturated/α-hetero) is 1. The van der Waals surface area contributed by atoms with E-state index in [1.54, 1.807) is 18.4 Å². The first-order valence-corrected chi connectivity index (χ1v) is 7.40. The number of thiophene rings is 1. The van der Waals surface area contributed by atoms with E-state index in [2.05, 4.69) is 0 Å². The third-order valence-electron chi connectivity index (χ3n) is 2.61. The predicted octanol–water partition coefficient (Wildman–Crippen LogP) is 1.41. The largest absolute Gasteiger partial charge is 0.298 e. The summed E-state index contributed by atoms with van der Waals surface area (Å²) in [5, 5.41) is 1.76. The smallest absolute Gasteiger partial charge is 0.253 e. The first-order valence-electron chi connectivity index (χ1n) is 5.08. The second-order valence-electron chi connectivity index (χ2n) is 3.87. The molecule has 2 rings (SSSR count). The van der Waals surface area contributed by atoms with Crippen molar-refractivity contribution in [2.75, 3.05) is 13.1 Å². The molecule has 0 spiro atoms. The molecule has 0 unspecified atom stereocenters. The Kier molecular flexibility index (Phi) is 3.14. The molecule has 2 heterocycles. The van der Waals surface area contributed by atoms with Gasteiger partial charge in [-0.05, 0) is 30.4 Å². The fourth-order valence-electron chi connectivity index (χ4n) is 1.75. The molecule has 0 radical (unpaired) electrons. The van der Waals surface area contributed by atoms with Crippen LogP contribution in [0.4, 0.5) is 0 Å². The fourth-order valence-corrected chi connectivity index (χ4v) is 4.76. The van der Waals surface area contributed by atoms with Crippen molar-refractivity contribution in [1.29, 1.82) is 0 Å². The Hall–Kier alpha value is -0.720. The van der Waals surface area contributed by atoms with E-state index in [-0.39, 0.29) is 12.3 Å². The molecule has 0 aliphatic carbocycles. The fraction of sp³-hybridized carbons (Fsp3) is 0.500. The van der Waals surface area contributed by atoms with Gasteiger partial charge in [0.25, 0.3) is 10.0 Å². The lowest BCUT2D eigenvalue weighted by Gasteiger charge is -2.24. The lowest BCUT2D eigenvalue weighted by Crippen LogP contribution is -2.39. The van der Waals surface area contributed by atoms with Crippen LogP contribution in [-0.2, 0) is 14.8 Å². The Balaban J connectivity index is 2.32. The monoisotopic (exact) mass is 259 g/mol. The predicted molar refractivity (Wildman–Crippen MR) is 62.1 cm³/mol. The van der Waals surface area contributed by atoms with Gasteiger partial charge in [0.2, 0.25) is 0 Å². The second kappa shape index (κ2) is 4.27. The summed E-state index contributed by atoms with van der Waals surface area (Å²) in [5.41, 5.74) is 0.753. The van der Waals surface area contributed by atoms with Crippen LogP contribution in [0.15, 0.2) is 15.7 Å². The maximum absolute atomic E-state index is 12.2. The van der Waals surface area contributed by atoms with Crippen molar-refractivity contribution < 1.29 is 13.2 Å². The maximum Gasteiger partial charge on any atom is 0.253 e. The van der Waals surface area contributed by atoms with Gasteiger partial charge in [0.05, 0.1) is 6.54 Å². The van der Waals surface area contributed by atoms with E-state index in [0.29, 0.717) is 23.6 Å². The second-order valence-corrected chi connectivity index (χ2v) is 6.92. The molecule has 88 valence electrons. The van der Waals surface area contributed by atoms with Gasteiger partial charge in [-0.15, -0.1) is 11.3 Å². The summed E-state index contributed by atoms with van der Waals surface area (Å²) in [4.78, 5) is 11.3. The molecule has 0 amide bonds. The van der Waals surface area contributed by atoms with Crippen molar-refractivity contribution in [2.45, 2.75) is 24.0 Å². The minimum atomic E-state index is -3.45. The van der Waals surface area contributed by atoms with Gasteiger partial charge in [0.1, 0.15) is 9.99 Å². The highest BCUT2D eigenvalue weighted by molar-refractivity contribution is 7.91. The number of carbonyl (C=O) groups is 1. The van der Waals surface area contributed by atoms with Gasteiger partial charge in [0, 0.05) is 13.0 Å². The number of hydrogen-bond donors (Lipinski definition) is 0. The van der Waals surface area contributed by atoms with Crippen molar-refractivity contribution in [2.24, 2.45) is 0 Å². The number of aryl methyl sites for hydroxylation is 1. The summed E-state index contributed by atoms with van der Waals surface area (Å²) >= 11 is 1.21. The molecule has 1 aromatic heterocycles. The number of sulfonamides is 1. The van der Waals surface area contributed by atoms with Crippen molar-refractivity contribution in [1.82, 2.24) is 4.31 Å². The number of rotatable bonds is 2. The number of nitrogens with zero attached hydrogens (tertiary/aromatic N) is 1. The van der Waals surface area contributed by atoms with E-state index in [0.717, 1.165) is 5.56 Å². The zero-order valence-electron chi connectivity index (χ0n) is 8.97. The van der Waals surface area contributed by atoms with Crippen LogP contribution in [0.5, 0.6) is 0 Å². The number of carbonyl (C=O) groups excluding carboxylic acids is 1. The average Bonchev–Trinajstić information content (AvgIpc) is 2.65. The lowest BCUT2D eigenvalue weighted by molar-refractivity contribution is -0.120. The summed E-state index contributed by atoms with van der Waals surface area (Å²) in [5.74, 6) is 0.00374. The van der Waals surface area contributed by atoms with Crippen LogP contribution in [0.25, 0.3) is 0 Å². The van der Waals surface area contributed by atoms with Gasteiger partial charge >= 0.3 is 0 Å². The number of ketones is 1. The van der Waals surface area contributed by atoms with Crippen molar-refractivity contribution in [3.8, 4) is 0 Å². The summed E-state index contributed by atoms with van der Waals surface area (Å²) in [6.07, 6.45) is 1.12. The molecule has 1 aromatic rings. The molecule has 0 N–H and O–H groups in total. The summed E-state index contributed by atoms with van der Waals surface area (Å²) in [7, 11) is -3.45. The molecule has 1 aliphatic rings. The molecule has 16 heavy (non-hydrogen) atoms. The molecular formula is C10H13NO3S2. The van der Waals surface area contributed by atoms with Crippen LogP contribution in [0, 0.1) is 6.92 Å². The van der Waals surface area contributed by atoms with Crippen LogP contribution in [-0.4, -0.2) is 31.6 Å².